The standard InChI is InChI=1S/C33H47FN2O6/c1-7-11-22(29(39)26(37)17-14-21-12-9-8-10-13-21)18-27(38)28-23-15-16-25(34)24(23)19-36(28)31(40)30(33(4,5)6)35-32(41)42-20(2)3/h8-10,12-13,20,22-25,28,30H,7,11,14-19H2,1-6H3,(H,35,41)/t22?,23-,24-,25-,28?,30?/m0/s1. The topological polar surface area (TPSA) is 110 Å². The molecule has 0 radical (unpaired) electrons. The Morgan fingerprint density at radius 3 is 2.31 bits per heavy atom. The molecular formula is C33H47FN2O6. The molecule has 3 unspecified atom stereocenters. The third kappa shape index (κ3) is 8.26. The van der Waals surface area contributed by atoms with Crippen LogP contribution >= 0.6 is 0 Å². The third-order valence-electron chi connectivity index (χ3n) is 8.48. The minimum Gasteiger partial charge on any atom is -0.447 e. The van der Waals surface area contributed by atoms with Gasteiger partial charge in [0.1, 0.15) is 12.2 Å². The molecule has 2 aliphatic rings. The maximum absolute atomic E-state index is 14.9. The van der Waals surface area contributed by atoms with Crippen LogP contribution in [0.4, 0.5) is 9.18 Å². The molecule has 0 bridgehead atoms. The van der Waals surface area contributed by atoms with Crippen LogP contribution in [0.1, 0.15) is 85.6 Å². The zero-order valence-electron chi connectivity index (χ0n) is 25.9. The molecule has 1 aliphatic heterocycles. The highest BCUT2D eigenvalue weighted by Gasteiger charge is 2.55. The Labute approximate surface area is 249 Å². The molecule has 1 saturated heterocycles. The summed E-state index contributed by atoms with van der Waals surface area (Å²) in [6, 6.07) is 7.50. The molecule has 9 heteroatoms. The van der Waals surface area contributed by atoms with E-state index in [4.69, 9.17) is 4.74 Å². The lowest BCUT2D eigenvalue weighted by Gasteiger charge is -2.36. The molecule has 1 aliphatic carbocycles. The second-order valence-corrected chi connectivity index (χ2v) is 13.2. The van der Waals surface area contributed by atoms with Crippen LogP contribution in [0.3, 0.4) is 0 Å². The van der Waals surface area contributed by atoms with Crippen LogP contribution in [-0.4, -0.2) is 65.2 Å². The first-order valence-corrected chi connectivity index (χ1v) is 15.3. The summed E-state index contributed by atoms with van der Waals surface area (Å²) in [5.74, 6) is -3.51. The van der Waals surface area contributed by atoms with Crippen molar-refractivity contribution in [2.24, 2.45) is 23.2 Å². The summed E-state index contributed by atoms with van der Waals surface area (Å²) in [5.41, 5.74) is 0.230. The Hall–Kier alpha value is -3.10. The van der Waals surface area contributed by atoms with E-state index < -0.39 is 65.2 Å². The van der Waals surface area contributed by atoms with Crippen LogP contribution in [0, 0.1) is 23.2 Å². The summed E-state index contributed by atoms with van der Waals surface area (Å²) < 4.78 is 20.2. The number of benzene rings is 1. The monoisotopic (exact) mass is 586 g/mol. The van der Waals surface area contributed by atoms with E-state index in [2.05, 4.69) is 5.32 Å². The maximum Gasteiger partial charge on any atom is 0.408 e. The summed E-state index contributed by atoms with van der Waals surface area (Å²) in [4.78, 5) is 68.0. The number of aryl methyl sites for hydroxylation is 1. The lowest BCUT2D eigenvalue weighted by molar-refractivity contribution is -0.144. The number of alkyl carbamates (subject to hydrolysis) is 1. The SMILES string of the molecule is CCCC(CC(=O)C1[C@H]2CC[C@H](F)[C@H]2CN1C(=O)C(NC(=O)OC(C)C)C(C)(C)C)C(=O)C(=O)CCc1ccccc1. The number of Topliss-reactive ketones (excluding diaryl/α,β-unsaturated/α-hetero) is 3. The number of hydrogen-bond acceptors (Lipinski definition) is 6. The number of ether oxygens (including phenoxy) is 1. The fourth-order valence-electron chi connectivity index (χ4n) is 6.37. The normalized spacial score (nSPS) is 23.3. The summed E-state index contributed by atoms with van der Waals surface area (Å²) in [5, 5.41) is 2.67. The van der Waals surface area contributed by atoms with Gasteiger partial charge in [0.25, 0.3) is 0 Å². The minimum atomic E-state index is -1.14. The van der Waals surface area contributed by atoms with Crippen molar-refractivity contribution in [1.82, 2.24) is 10.2 Å². The van der Waals surface area contributed by atoms with E-state index in [1.54, 1.807) is 34.6 Å². The molecule has 3 rings (SSSR count). The predicted molar refractivity (Wildman–Crippen MR) is 157 cm³/mol. The number of amides is 2. The number of hydrogen-bond donors (Lipinski definition) is 1. The van der Waals surface area contributed by atoms with E-state index in [0.29, 0.717) is 32.1 Å². The number of halogens is 1. The zero-order chi connectivity index (χ0) is 31.2. The number of nitrogens with zero attached hydrogens (tertiary/aromatic N) is 1. The molecule has 1 N–H and O–H groups in total. The molecule has 8 nitrogen and oxygen atoms in total. The van der Waals surface area contributed by atoms with Crippen molar-refractivity contribution in [3.8, 4) is 0 Å². The Bertz CT molecular complexity index is 1130. The Balaban J connectivity index is 1.81. The van der Waals surface area contributed by atoms with E-state index >= 15 is 0 Å². The Kier molecular flexibility index (Phi) is 11.4. The van der Waals surface area contributed by atoms with Crippen LogP contribution in [0.5, 0.6) is 0 Å². The van der Waals surface area contributed by atoms with Gasteiger partial charge < -0.3 is 15.0 Å². The molecule has 2 amide bonds. The Morgan fingerprint density at radius 2 is 1.71 bits per heavy atom. The predicted octanol–water partition coefficient (Wildman–Crippen LogP) is 5.26. The van der Waals surface area contributed by atoms with Crippen molar-refractivity contribution in [1.29, 1.82) is 0 Å². The molecule has 0 aromatic heterocycles. The van der Waals surface area contributed by atoms with Crippen LogP contribution < -0.4 is 5.32 Å². The lowest BCUT2D eigenvalue weighted by Crippen LogP contribution is -2.57. The van der Waals surface area contributed by atoms with Crippen LogP contribution in [0.25, 0.3) is 0 Å². The summed E-state index contributed by atoms with van der Waals surface area (Å²) >= 11 is 0. The molecule has 1 heterocycles. The van der Waals surface area contributed by atoms with Crippen LogP contribution in [0.2, 0.25) is 0 Å². The smallest absolute Gasteiger partial charge is 0.408 e. The average Bonchev–Trinajstić information content (AvgIpc) is 3.48. The molecule has 42 heavy (non-hydrogen) atoms. The number of carbonyl (C=O) groups is 5. The molecule has 0 spiro atoms. The molecule has 6 atom stereocenters. The van der Waals surface area contributed by atoms with Gasteiger partial charge in [-0.25, -0.2) is 9.18 Å². The highest BCUT2D eigenvalue weighted by atomic mass is 19.1. The van der Waals surface area contributed by atoms with E-state index in [0.717, 1.165) is 5.56 Å². The summed E-state index contributed by atoms with van der Waals surface area (Å²) in [7, 11) is 0. The average molecular weight is 587 g/mol. The van der Waals surface area contributed by atoms with Gasteiger partial charge in [-0.05, 0) is 56.4 Å². The number of likely N-dealkylation sites (tertiary alicyclic amines) is 1. The van der Waals surface area contributed by atoms with Crippen molar-refractivity contribution in [3.05, 3.63) is 35.9 Å². The summed E-state index contributed by atoms with van der Waals surface area (Å²) in [6.45, 7) is 10.8. The van der Waals surface area contributed by atoms with Gasteiger partial charge in [-0.15, -0.1) is 0 Å². The molecule has 1 saturated carbocycles. The second-order valence-electron chi connectivity index (χ2n) is 13.2. The highest BCUT2D eigenvalue weighted by molar-refractivity contribution is 6.38. The third-order valence-corrected chi connectivity index (χ3v) is 8.48. The Morgan fingerprint density at radius 1 is 1.05 bits per heavy atom. The van der Waals surface area contributed by atoms with Gasteiger partial charge in [0.15, 0.2) is 11.6 Å². The quantitative estimate of drug-likeness (QED) is 0.316. The fraction of sp³-hybridized carbons (Fsp3) is 0.667. The van der Waals surface area contributed by atoms with Crippen molar-refractivity contribution in [3.63, 3.8) is 0 Å². The van der Waals surface area contributed by atoms with Gasteiger partial charge in [-0.2, -0.15) is 0 Å². The van der Waals surface area contributed by atoms with Crippen molar-refractivity contribution >= 4 is 29.4 Å². The summed E-state index contributed by atoms with van der Waals surface area (Å²) in [6.07, 6.45) is -0.205. The number of alkyl halides is 1. The zero-order valence-corrected chi connectivity index (χ0v) is 25.9. The van der Waals surface area contributed by atoms with E-state index in [1.165, 1.54) is 4.90 Å². The van der Waals surface area contributed by atoms with Gasteiger partial charge in [0.05, 0.1) is 12.1 Å². The van der Waals surface area contributed by atoms with Gasteiger partial charge in [0, 0.05) is 31.2 Å². The van der Waals surface area contributed by atoms with Crippen molar-refractivity contribution < 1.29 is 33.1 Å². The largest absolute Gasteiger partial charge is 0.447 e. The van der Waals surface area contributed by atoms with E-state index in [1.807, 2.05) is 37.3 Å². The first kappa shape index (κ1) is 33.4. The second kappa shape index (κ2) is 14.4. The minimum absolute atomic E-state index is 0.0604. The molecular weight excluding hydrogens is 539 g/mol. The van der Waals surface area contributed by atoms with Gasteiger partial charge >= 0.3 is 6.09 Å². The van der Waals surface area contributed by atoms with E-state index in [9.17, 15) is 28.4 Å². The van der Waals surface area contributed by atoms with Crippen molar-refractivity contribution in [2.45, 2.75) is 111 Å². The first-order valence-electron chi connectivity index (χ1n) is 15.3. The van der Waals surface area contributed by atoms with Crippen LogP contribution in [0.15, 0.2) is 30.3 Å². The highest BCUT2D eigenvalue weighted by Crippen LogP contribution is 2.45. The maximum atomic E-state index is 14.9. The number of carbonyl (C=O) groups excluding carboxylic acids is 5. The van der Waals surface area contributed by atoms with Crippen LogP contribution in [-0.2, 0) is 30.3 Å². The molecule has 2 fully saturated rings. The molecule has 1 aromatic rings. The molecule has 232 valence electrons. The molecule has 1 aromatic carbocycles. The fourth-order valence-corrected chi connectivity index (χ4v) is 6.37. The lowest BCUT2D eigenvalue weighted by atomic mass is 9.83. The number of fused-ring (bicyclic) bond motifs is 1. The first-order chi connectivity index (χ1) is 19.7. The van der Waals surface area contributed by atoms with Crippen molar-refractivity contribution in [2.75, 3.05) is 6.54 Å². The van der Waals surface area contributed by atoms with Gasteiger partial charge in [-0.3, -0.25) is 19.2 Å². The van der Waals surface area contributed by atoms with Gasteiger partial charge in [0.2, 0.25) is 11.7 Å². The number of ketones is 3. The number of nitrogens with one attached hydrogen (secondary N) is 1. The van der Waals surface area contributed by atoms with E-state index in [-0.39, 0.29) is 31.1 Å². The number of rotatable bonds is 13. The van der Waals surface area contributed by atoms with Gasteiger partial charge in [-0.1, -0.05) is 64.4 Å².